The van der Waals surface area contributed by atoms with Crippen molar-refractivity contribution in [3.8, 4) is 6.07 Å². The van der Waals surface area contributed by atoms with Gasteiger partial charge in [-0.25, -0.2) is 9.97 Å². The highest BCUT2D eigenvalue weighted by molar-refractivity contribution is 5.93. The Morgan fingerprint density at radius 1 is 1.29 bits per heavy atom. The molecule has 24 heavy (non-hydrogen) atoms. The summed E-state index contributed by atoms with van der Waals surface area (Å²) in [6.45, 7) is 4.07. The zero-order valence-electron chi connectivity index (χ0n) is 14.1. The Balaban J connectivity index is 1.95. The molecule has 1 aliphatic rings. The summed E-state index contributed by atoms with van der Waals surface area (Å²) in [6, 6.07) is 6.02. The zero-order chi connectivity index (χ0) is 17.1. The molecule has 2 aromatic rings. The summed E-state index contributed by atoms with van der Waals surface area (Å²) < 4.78 is 0. The van der Waals surface area contributed by atoms with Gasteiger partial charge in [-0.15, -0.1) is 0 Å². The van der Waals surface area contributed by atoms with E-state index in [1.54, 1.807) is 12.3 Å². The Morgan fingerprint density at radius 2 is 2.08 bits per heavy atom. The molecule has 2 atom stereocenters. The molecular formula is C18H23N5O. The number of fused-ring (bicyclic) bond motifs is 1. The van der Waals surface area contributed by atoms with Gasteiger partial charge in [0.25, 0.3) is 0 Å². The average Bonchev–Trinajstić information content (AvgIpc) is 2.56. The molecule has 2 heterocycles. The van der Waals surface area contributed by atoms with Gasteiger partial charge in [-0.1, -0.05) is 12.8 Å². The van der Waals surface area contributed by atoms with Crippen LogP contribution in [0.15, 0.2) is 18.3 Å². The number of nitriles is 1. The number of aliphatic hydroxyl groups excluding tert-OH is 1. The number of hydrogen-bond donors (Lipinski definition) is 3. The van der Waals surface area contributed by atoms with E-state index in [9.17, 15) is 5.11 Å². The van der Waals surface area contributed by atoms with Crippen LogP contribution in [0.25, 0.3) is 10.8 Å². The molecule has 1 fully saturated rings. The first-order valence-electron chi connectivity index (χ1n) is 8.49. The fourth-order valence-electron chi connectivity index (χ4n) is 3.14. The largest absolute Gasteiger partial charge is 0.391 e. The van der Waals surface area contributed by atoms with Crippen molar-refractivity contribution in [2.75, 3.05) is 10.6 Å². The molecule has 3 N–H and O–H groups in total. The van der Waals surface area contributed by atoms with Crippen LogP contribution < -0.4 is 10.6 Å². The molecule has 0 saturated heterocycles. The van der Waals surface area contributed by atoms with Crippen LogP contribution >= 0.6 is 0 Å². The number of nitrogens with one attached hydrogen (secondary N) is 2. The van der Waals surface area contributed by atoms with Crippen LogP contribution in [-0.4, -0.2) is 33.3 Å². The summed E-state index contributed by atoms with van der Waals surface area (Å²) in [7, 11) is 0. The summed E-state index contributed by atoms with van der Waals surface area (Å²) >= 11 is 0. The van der Waals surface area contributed by atoms with Crippen molar-refractivity contribution in [3.63, 3.8) is 0 Å². The van der Waals surface area contributed by atoms with E-state index >= 15 is 0 Å². The van der Waals surface area contributed by atoms with Crippen molar-refractivity contribution in [1.29, 1.82) is 5.26 Å². The van der Waals surface area contributed by atoms with E-state index in [0.717, 1.165) is 42.3 Å². The predicted octanol–water partition coefficient (Wildman–Crippen LogP) is 3.04. The third kappa shape index (κ3) is 3.57. The van der Waals surface area contributed by atoms with E-state index in [0.29, 0.717) is 11.5 Å². The highest BCUT2D eigenvalue weighted by atomic mass is 16.3. The first-order chi connectivity index (χ1) is 11.6. The summed E-state index contributed by atoms with van der Waals surface area (Å²) in [4.78, 5) is 8.83. The van der Waals surface area contributed by atoms with Crippen molar-refractivity contribution >= 4 is 22.4 Å². The van der Waals surface area contributed by atoms with E-state index < -0.39 is 0 Å². The van der Waals surface area contributed by atoms with Gasteiger partial charge in [0.2, 0.25) is 0 Å². The van der Waals surface area contributed by atoms with E-state index in [2.05, 4.69) is 26.7 Å². The lowest BCUT2D eigenvalue weighted by atomic mass is 9.92. The van der Waals surface area contributed by atoms with Gasteiger partial charge in [0.05, 0.1) is 12.1 Å². The van der Waals surface area contributed by atoms with Crippen LogP contribution in [0.1, 0.15) is 45.2 Å². The molecule has 0 unspecified atom stereocenters. The monoisotopic (exact) mass is 325 g/mol. The lowest BCUT2D eigenvalue weighted by Gasteiger charge is -2.28. The molecule has 0 spiro atoms. The van der Waals surface area contributed by atoms with Crippen LogP contribution in [0.5, 0.6) is 0 Å². The Labute approximate surface area is 141 Å². The van der Waals surface area contributed by atoms with Gasteiger partial charge in [-0.05, 0) is 38.8 Å². The molecule has 6 heteroatoms. The number of hydrogen-bond acceptors (Lipinski definition) is 6. The number of aromatic nitrogens is 2. The van der Waals surface area contributed by atoms with Crippen molar-refractivity contribution < 1.29 is 5.11 Å². The molecule has 0 radical (unpaired) electrons. The first kappa shape index (κ1) is 16.5. The predicted molar refractivity (Wildman–Crippen MR) is 94.9 cm³/mol. The van der Waals surface area contributed by atoms with E-state index in [-0.39, 0.29) is 18.2 Å². The second-order valence-electron chi connectivity index (χ2n) is 6.66. The normalized spacial score (nSPS) is 20.8. The molecule has 2 aromatic heterocycles. The maximum absolute atomic E-state index is 10.1. The Hall–Kier alpha value is -2.39. The lowest BCUT2D eigenvalue weighted by Crippen LogP contribution is -2.36. The first-order valence-corrected chi connectivity index (χ1v) is 8.49. The van der Waals surface area contributed by atoms with Crippen LogP contribution in [-0.2, 0) is 0 Å². The quantitative estimate of drug-likeness (QED) is 0.800. The number of nitrogens with zero attached hydrogens (tertiary/aromatic N) is 3. The highest BCUT2D eigenvalue weighted by Crippen LogP contribution is 2.27. The maximum Gasteiger partial charge on any atom is 0.143 e. The number of anilines is 2. The summed E-state index contributed by atoms with van der Waals surface area (Å²) in [6.07, 6.45) is 5.40. The highest BCUT2D eigenvalue weighted by Gasteiger charge is 2.23. The number of pyridine rings is 2. The van der Waals surface area contributed by atoms with Crippen LogP contribution in [0, 0.1) is 11.3 Å². The van der Waals surface area contributed by atoms with E-state index in [4.69, 9.17) is 5.26 Å². The van der Waals surface area contributed by atoms with Gasteiger partial charge in [0.15, 0.2) is 0 Å². The minimum absolute atomic E-state index is 0.0385. The number of rotatable bonds is 4. The van der Waals surface area contributed by atoms with Gasteiger partial charge >= 0.3 is 0 Å². The molecular weight excluding hydrogens is 302 g/mol. The van der Waals surface area contributed by atoms with Gasteiger partial charge in [-0.2, -0.15) is 5.26 Å². The zero-order valence-corrected chi connectivity index (χ0v) is 14.1. The van der Waals surface area contributed by atoms with Crippen LogP contribution in [0.2, 0.25) is 0 Å². The minimum atomic E-state index is -0.330. The molecule has 0 bridgehead atoms. The molecule has 0 amide bonds. The van der Waals surface area contributed by atoms with Crippen LogP contribution in [0.3, 0.4) is 0 Å². The summed E-state index contributed by atoms with van der Waals surface area (Å²) in [5.74, 6) is 1.42. The van der Waals surface area contributed by atoms with Crippen molar-refractivity contribution in [3.05, 3.63) is 24.0 Å². The van der Waals surface area contributed by atoms with Crippen molar-refractivity contribution in [1.82, 2.24) is 9.97 Å². The molecule has 126 valence electrons. The Bertz CT molecular complexity index is 768. The average molecular weight is 325 g/mol. The van der Waals surface area contributed by atoms with E-state index in [1.165, 1.54) is 0 Å². The van der Waals surface area contributed by atoms with Crippen LogP contribution in [0.4, 0.5) is 11.6 Å². The van der Waals surface area contributed by atoms with Gasteiger partial charge in [0.1, 0.15) is 23.4 Å². The van der Waals surface area contributed by atoms with E-state index in [1.807, 2.05) is 19.9 Å². The summed E-state index contributed by atoms with van der Waals surface area (Å²) in [5.41, 5.74) is 0.371. The van der Waals surface area contributed by atoms with Crippen molar-refractivity contribution in [2.45, 2.75) is 57.7 Å². The SMILES string of the molecule is CC(C)Nc1nc(C#N)cc2cnc(N[C@@H]3CCCC[C@H]3O)cc12. The fourth-order valence-corrected chi connectivity index (χ4v) is 3.14. The molecule has 3 rings (SSSR count). The third-order valence-electron chi connectivity index (χ3n) is 4.32. The summed E-state index contributed by atoms with van der Waals surface area (Å²) in [5, 5.41) is 27.7. The molecule has 1 saturated carbocycles. The Morgan fingerprint density at radius 3 is 2.79 bits per heavy atom. The van der Waals surface area contributed by atoms with Gasteiger partial charge < -0.3 is 15.7 Å². The minimum Gasteiger partial charge on any atom is -0.391 e. The Kier molecular flexibility index (Phi) is 4.81. The molecule has 0 aliphatic heterocycles. The molecule has 1 aliphatic carbocycles. The topological polar surface area (TPSA) is 93.9 Å². The van der Waals surface area contributed by atoms with Gasteiger partial charge in [0, 0.05) is 23.0 Å². The smallest absolute Gasteiger partial charge is 0.143 e. The maximum atomic E-state index is 10.1. The lowest BCUT2D eigenvalue weighted by molar-refractivity contribution is 0.116. The molecule has 0 aromatic carbocycles. The second kappa shape index (κ2) is 7.02. The second-order valence-corrected chi connectivity index (χ2v) is 6.66. The van der Waals surface area contributed by atoms with Crippen molar-refractivity contribution in [2.24, 2.45) is 0 Å². The third-order valence-corrected chi connectivity index (χ3v) is 4.32. The van der Waals surface area contributed by atoms with Gasteiger partial charge in [-0.3, -0.25) is 0 Å². The fraction of sp³-hybridized carbons (Fsp3) is 0.500. The standard InChI is InChI=1S/C18H23N5O/c1-11(2)21-18-14-8-17(23-15-5-3-4-6-16(15)24)20-10-12(14)7-13(9-19)22-18/h7-8,10-11,15-16,24H,3-6H2,1-2H3,(H,20,23)(H,21,22)/t15-,16-/m1/s1. The number of aliphatic hydroxyl groups is 1. The molecule has 6 nitrogen and oxygen atoms in total.